The van der Waals surface area contributed by atoms with Gasteiger partial charge in [0.05, 0.1) is 16.7 Å². The summed E-state index contributed by atoms with van der Waals surface area (Å²) >= 11 is 1.45. The van der Waals surface area contributed by atoms with Crippen molar-refractivity contribution in [2.75, 3.05) is 20.7 Å². The molecule has 1 amide bonds. The second-order valence-corrected chi connectivity index (χ2v) is 10.9. The van der Waals surface area contributed by atoms with E-state index in [4.69, 9.17) is 4.74 Å². The normalized spacial score (nSPS) is 12.6. The number of ether oxygens (including phenoxy) is 1. The average Bonchev–Trinajstić information content (AvgIpc) is 3.16. The van der Waals surface area contributed by atoms with E-state index in [0.717, 1.165) is 40.8 Å². The van der Waals surface area contributed by atoms with E-state index in [1.54, 1.807) is 14.2 Å². The largest absolute Gasteiger partial charge is 0.495 e. The lowest BCUT2D eigenvalue weighted by atomic mass is 10.2. The second kappa shape index (κ2) is 10.6. The standard InChI is InChI=1S/C24H31N3O4S2/c1-6-8-16-26(4)33(29,30)19-12-10-18(11-13-19)23(28)25-24-27(15-7-2)21-20(31-5)14-9-17(3)22(21)32-24/h9-14H,6-8,15-16H2,1-5H3. The number of rotatable bonds is 9. The minimum Gasteiger partial charge on any atom is -0.495 e. The molecule has 3 rings (SSSR count). The van der Waals surface area contributed by atoms with Crippen LogP contribution in [0.15, 0.2) is 46.3 Å². The summed E-state index contributed by atoms with van der Waals surface area (Å²) in [5.74, 6) is 0.335. The highest BCUT2D eigenvalue weighted by atomic mass is 32.2. The highest BCUT2D eigenvalue weighted by molar-refractivity contribution is 7.89. The summed E-state index contributed by atoms with van der Waals surface area (Å²) in [5, 5.41) is 0. The van der Waals surface area contributed by atoms with Gasteiger partial charge in [-0.15, -0.1) is 0 Å². The van der Waals surface area contributed by atoms with Crippen LogP contribution in [0, 0.1) is 6.92 Å². The van der Waals surface area contributed by atoms with Crippen molar-refractivity contribution in [1.82, 2.24) is 8.87 Å². The van der Waals surface area contributed by atoms with Gasteiger partial charge in [0.2, 0.25) is 10.0 Å². The summed E-state index contributed by atoms with van der Waals surface area (Å²) in [6, 6.07) is 9.91. The monoisotopic (exact) mass is 489 g/mol. The molecule has 33 heavy (non-hydrogen) atoms. The summed E-state index contributed by atoms with van der Waals surface area (Å²) < 4.78 is 35.4. The van der Waals surface area contributed by atoms with Gasteiger partial charge in [0.15, 0.2) is 4.80 Å². The number of hydrogen-bond donors (Lipinski definition) is 0. The Balaban J connectivity index is 1.99. The van der Waals surface area contributed by atoms with Gasteiger partial charge in [-0.2, -0.15) is 4.99 Å². The van der Waals surface area contributed by atoms with Crippen LogP contribution in [0.25, 0.3) is 10.2 Å². The molecule has 7 nitrogen and oxygen atoms in total. The van der Waals surface area contributed by atoms with E-state index in [9.17, 15) is 13.2 Å². The third-order valence-corrected chi connectivity index (χ3v) is 8.57. The van der Waals surface area contributed by atoms with E-state index >= 15 is 0 Å². The SMILES string of the molecule is CCCCN(C)S(=O)(=O)c1ccc(C(=O)N=c2sc3c(C)ccc(OC)c3n2CCC)cc1. The minimum absolute atomic E-state index is 0.168. The molecule has 0 aliphatic carbocycles. The second-order valence-electron chi connectivity index (χ2n) is 7.92. The number of carbonyl (C=O) groups is 1. The van der Waals surface area contributed by atoms with Gasteiger partial charge in [0.1, 0.15) is 11.3 Å². The van der Waals surface area contributed by atoms with Crippen LogP contribution < -0.4 is 9.54 Å². The molecule has 0 aliphatic rings. The van der Waals surface area contributed by atoms with Crippen LogP contribution >= 0.6 is 11.3 Å². The number of unbranched alkanes of at least 4 members (excludes halogenated alkanes) is 1. The molecule has 0 spiro atoms. The lowest BCUT2D eigenvalue weighted by Gasteiger charge is -2.16. The maximum atomic E-state index is 13.0. The van der Waals surface area contributed by atoms with E-state index < -0.39 is 15.9 Å². The summed E-state index contributed by atoms with van der Waals surface area (Å²) in [6.45, 7) is 7.27. The molecule has 1 heterocycles. The summed E-state index contributed by atoms with van der Waals surface area (Å²) in [4.78, 5) is 18.1. The molecule has 0 saturated heterocycles. The van der Waals surface area contributed by atoms with Crippen LogP contribution in [0.5, 0.6) is 5.75 Å². The van der Waals surface area contributed by atoms with Crippen molar-refractivity contribution in [3.8, 4) is 5.75 Å². The number of aromatic nitrogens is 1. The highest BCUT2D eigenvalue weighted by Crippen LogP contribution is 2.30. The molecular weight excluding hydrogens is 458 g/mol. The van der Waals surface area contributed by atoms with Crippen molar-refractivity contribution in [1.29, 1.82) is 0 Å². The Bertz CT molecular complexity index is 1310. The zero-order valence-corrected chi connectivity index (χ0v) is 21.4. The average molecular weight is 490 g/mol. The topological polar surface area (TPSA) is 81.0 Å². The first-order chi connectivity index (χ1) is 15.7. The number of sulfonamides is 1. The van der Waals surface area contributed by atoms with Gasteiger partial charge in [-0.3, -0.25) is 4.79 Å². The first kappa shape index (κ1) is 25.1. The van der Waals surface area contributed by atoms with Crippen LogP contribution in [0.2, 0.25) is 0 Å². The van der Waals surface area contributed by atoms with Gasteiger partial charge in [-0.25, -0.2) is 12.7 Å². The Morgan fingerprint density at radius 2 is 1.82 bits per heavy atom. The number of benzene rings is 2. The molecule has 0 saturated carbocycles. The van der Waals surface area contributed by atoms with Crippen molar-refractivity contribution in [2.45, 2.75) is 51.5 Å². The molecule has 0 aliphatic heterocycles. The van der Waals surface area contributed by atoms with Crippen LogP contribution in [0.1, 0.15) is 49.0 Å². The van der Waals surface area contributed by atoms with Crippen LogP contribution in [-0.2, 0) is 16.6 Å². The summed E-state index contributed by atoms with van der Waals surface area (Å²) in [7, 11) is -0.374. The number of methoxy groups -OCH3 is 1. The fourth-order valence-electron chi connectivity index (χ4n) is 3.56. The number of hydrogen-bond acceptors (Lipinski definition) is 5. The van der Waals surface area contributed by atoms with Crippen molar-refractivity contribution in [3.63, 3.8) is 0 Å². The molecule has 0 fully saturated rings. The molecule has 3 aromatic rings. The highest BCUT2D eigenvalue weighted by Gasteiger charge is 2.21. The molecule has 0 atom stereocenters. The third kappa shape index (κ3) is 5.20. The number of fused-ring (bicyclic) bond motifs is 1. The van der Waals surface area contributed by atoms with Crippen molar-refractivity contribution in [2.24, 2.45) is 4.99 Å². The van der Waals surface area contributed by atoms with Gasteiger partial charge in [0, 0.05) is 25.7 Å². The maximum absolute atomic E-state index is 13.0. The Hall–Kier alpha value is -2.49. The van der Waals surface area contributed by atoms with Gasteiger partial charge in [-0.1, -0.05) is 37.7 Å². The molecule has 178 valence electrons. The predicted octanol–water partition coefficient (Wildman–Crippen LogP) is 4.59. The predicted molar refractivity (Wildman–Crippen MR) is 132 cm³/mol. The molecule has 9 heteroatoms. The summed E-state index contributed by atoms with van der Waals surface area (Å²) in [6.07, 6.45) is 2.58. The Kier molecular flexibility index (Phi) is 8.10. The smallest absolute Gasteiger partial charge is 0.279 e. The van der Waals surface area contributed by atoms with Gasteiger partial charge in [0.25, 0.3) is 5.91 Å². The number of nitrogens with zero attached hydrogens (tertiary/aromatic N) is 3. The molecular formula is C24H31N3O4S2. The van der Waals surface area contributed by atoms with Crippen LogP contribution in [0.4, 0.5) is 0 Å². The van der Waals surface area contributed by atoms with E-state index in [-0.39, 0.29) is 4.90 Å². The zero-order valence-electron chi connectivity index (χ0n) is 19.8. The fourth-order valence-corrected chi connectivity index (χ4v) is 5.91. The van der Waals surface area contributed by atoms with Gasteiger partial charge in [-0.05, 0) is 55.7 Å². The lowest BCUT2D eigenvalue weighted by molar-refractivity contribution is 0.0997. The molecule has 1 aromatic heterocycles. The van der Waals surface area contributed by atoms with Crippen molar-refractivity contribution >= 4 is 37.5 Å². The molecule has 0 N–H and O–H groups in total. The molecule has 2 aromatic carbocycles. The Labute approximate surface area is 199 Å². The first-order valence-corrected chi connectivity index (χ1v) is 13.3. The van der Waals surface area contributed by atoms with Gasteiger partial charge < -0.3 is 9.30 Å². The van der Waals surface area contributed by atoms with E-state index in [1.807, 2.05) is 30.5 Å². The minimum atomic E-state index is -3.58. The Morgan fingerprint density at radius 3 is 2.42 bits per heavy atom. The van der Waals surface area contributed by atoms with Crippen molar-refractivity contribution in [3.05, 3.63) is 52.3 Å². The van der Waals surface area contributed by atoms with Crippen molar-refractivity contribution < 1.29 is 17.9 Å². The quantitative estimate of drug-likeness (QED) is 0.440. The zero-order chi connectivity index (χ0) is 24.2. The summed E-state index contributed by atoms with van der Waals surface area (Å²) in [5.41, 5.74) is 2.37. The molecule has 0 unspecified atom stereocenters. The van der Waals surface area contributed by atoms with Crippen LogP contribution in [0.3, 0.4) is 0 Å². The molecule has 0 bridgehead atoms. The van der Waals surface area contributed by atoms with Gasteiger partial charge >= 0.3 is 0 Å². The first-order valence-electron chi connectivity index (χ1n) is 11.1. The number of aryl methyl sites for hydroxylation is 2. The van der Waals surface area contributed by atoms with E-state index in [1.165, 1.54) is 39.9 Å². The third-order valence-electron chi connectivity index (χ3n) is 5.49. The number of carbonyl (C=O) groups excluding carboxylic acids is 1. The van der Waals surface area contributed by atoms with E-state index in [2.05, 4.69) is 11.9 Å². The maximum Gasteiger partial charge on any atom is 0.279 e. The lowest BCUT2D eigenvalue weighted by Crippen LogP contribution is -2.27. The van der Waals surface area contributed by atoms with Crippen LogP contribution in [-0.4, -0.2) is 43.9 Å². The van der Waals surface area contributed by atoms with E-state index in [0.29, 0.717) is 23.5 Å². The fraction of sp³-hybridized carbons (Fsp3) is 0.417. The number of thiazole rings is 1. The Morgan fingerprint density at radius 1 is 1.12 bits per heavy atom. The number of amides is 1. The molecule has 0 radical (unpaired) electrons.